The molecule has 0 aliphatic carbocycles. The maximum atomic E-state index is 12.9. The van der Waals surface area contributed by atoms with Crippen LogP contribution in [0.3, 0.4) is 0 Å². The predicted octanol–water partition coefficient (Wildman–Crippen LogP) is 1.67. The third-order valence-corrected chi connectivity index (χ3v) is 7.39. The Hall–Kier alpha value is -4.12. The molecule has 2 aromatic carbocycles. The number of nitrogens with two attached hydrogens (primary N) is 1. The fraction of sp³-hybridized carbons (Fsp3) is 0.429. The summed E-state index contributed by atoms with van der Waals surface area (Å²) in [5.41, 5.74) is 9.52. The van der Waals surface area contributed by atoms with Crippen molar-refractivity contribution in [2.24, 2.45) is 0 Å². The van der Waals surface area contributed by atoms with E-state index in [1.807, 2.05) is 34.0 Å². The quantitative estimate of drug-likeness (QED) is 0.359. The summed E-state index contributed by atoms with van der Waals surface area (Å²) in [5, 5.41) is 14.2. The summed E-state index contributed by atoms with van der Waals surface area (Å²) in [6, 6.07) is 17.5. The number of nitrogen functional groups attached to an aromatic ring is 1. The second-order valence-corrected chi connectivity index (χ2v) is 10.2. The van der Waals surface area contributed by atoms with Crippen molar-refractivity contribution in [3.8, 4) is 0 Å². The molecule has 3 aromatic rings. The number of amides is 3. The molecule has 1 aromatic heterocycles. The van der Waals surface area contributed by atoms with Gasteiger partial charge < -0.3 is 26.2 Å². The van der Waals surface area contributed by atoms with Crippen molar-refractivity contribution in [2.75, 3.05) is 49.9 Å². The van der Waals surface area contributed by atoms with Gasteiger partial charge >= 0.3 is 6.03 Å². The average Bonchev–Trinajstić information content (AvgIpc) is 3.62. The van der Waals surface area contributed by atoms with Gasteiger partial charge in [-0.3, -0.25) is 14.4 Å². The molecule has 0 spiro atoms. The van der Waals surface area contributed by atoms with Gasteiger partial charge in [0.25, 0.3) is 0 Å². The van der Waals surface area contributed by atoms with Crippen LogP contribution in [0, 0.1) is 0 Å². The first-order valence-corrected chi connectivity index (χ1v) is 13.6. The minimum absolute atomic E-state index is 0.0400. The van der Waals surface area contributed by atoms with Gasteiger partial charge in [0.1, 0.15) is 0 Å². The second-order valence-electron chi connectivity index (χ2n) is 10.2. The molecule has 2 fully saturated rings. The number of nitrogens with one attached hydrogen (secondary N) is 2. The number of anilines is 2. The molecule has 2 aliphatic heterocycles. The van der Waals surface area contributed by atoms with E-state index < -0.39 is 0 Å². The number of aromatic nitrogens is 3. The second kappa shape index (κ2) is 12.6. The van der Waals surface area contributed by atoms with Gasteiger partial charge in [0.15, 0.2) is 0 Å². The SMILES string of the molecule is Nc1ccc(CNC(=O)NCC(=O)N2CCC[C@@H]2Cn2cc(CN3CCN(c4ccccc4)CC3)nn2)cc1. The highest BCUT2D eigenvalue weighted by Crippen LogP contribution is 2.19. The van der Waals surface area contributed by atoms with Gasteiger partial charge in [-0.05, 0) is 42.7 Å². The van der Waals surface area contributed by atoms with E-state index in [0.717, 1.165) is 56.8 Å². The number of nitrogens with zero attached hydrogens (tertiary/aromatic N) is 6. The zero-order valence-electron chi connectivity index (χ0n) is 22.2. The molecular weight excluding hydrogens is 494 g/mol. The monoisotopic (exact) mass is 531 g/mol. The van der Waals surface area contributed by atoms with Crippen molar-refractivity contribution in [1.29, 1.82) is 0 Å². The summed E-state index contributed by atoms with van der Waals surface area (Å²) in [5.74, 6) is -0.0863. The average molecular weight is 532 g/mol. The van der Waals surface area contributed by atoms with E-state index in [1.165, 1.54) is 5.69 Å². The summed E-state index contributed by atoms with van der Waals surface area (Å²) in [6.07, 6.45) is 3.84. The van der Waals surface area contributed by atoms with E-state index >= 15 is 0 Å². The number of benzene rings is 2. The first kappa shape index (κ1) is 26.5. The normalized spacial score (nSPS) is 17.8. The van der Waals surface area contributed by atoms with E-state index in [9.17, 15) is 9.59 Å². The number of piperazine rings is 1. The lowest BCUT2D eigenvalue weighted by Crippen LogP contribution is -2.46. The topological polar surface area (TPSA) is 125 Å². The molecule has 39 heavy (non-hydrogen) atoms. The van der Waals surface area contributed by atoms with Crippen LogP contribution >= 0.6 is 0 Å². The Labute approximate surface area is 228 Å². The Bertz CT molecular complexity index is 1220. The Morgan fingerprint density at radius 1 is 0.949 bits per heavy atom. The van der Waals surface area contributed by atoms with Gasteiger partial charge in [0.05, 0.1) is 24.8 Å². The van der Waals surface area contributed by atoms with E-state index in [-0.39, 0.29) is 24.5 Å². The van der Waals surface area contributed by atoms with Gasteiger partial charge in [-0.2, -0.15) is 0 Å². The van der Waals surface area contributed by atoms with Crippen LogP contribution < -0.4 is 21.3 Å². The summed E-state index contributed by atoms with van der Waals surface area (Å²) >= 11 is 0. The third kappa shape index (κ3) is 7.26. The molecule has 5 rings (SSSR count). The molecule has 0 radical (unpaired) electrons. The molecule has 4 N–H and O–H groups in total. The van der Waals surface area contributed by atoms with E-state index in [1.54, 1.807) is 12.1 Å². The molecule has 0 saturated carbocycles. The molecule has 0 bridgehead atoms. The van der Waals surface area contributed by atoms with Crippen LogP contribution in [0.25, 0.3) is 0 Å². The molecule has 1 atom stereocenters. The number of urea groups is 1. The van der Waals surface area contributed by atoms with E-state index in [2.05, 4.69) is 55.0 Å². The van der Waals surface area contributed by atoms with Gasteiger partial charge in [0, 0.05) is 63.4 Å². The Kier molecular flexibility index (Phi) is 8.57. The van der Waals surface area contributed by atoms with Crippen LogP contribution in [0.4, 0.5) is 16.2 Å². The lowest BCUT2D eigenvalue weighted by Gasteiger charge is -2.35. The number of carbonyl (C=O) groups is 2. The summed E-state index contributed by atoms with van der Waals surface area (Å²) < 4.78 is 1.85. The first-order chi connectivity index (χ1) is 19.0. The number of hydrogen-bond donors (Lipinski definition) is 3. The highest BCUT2D eigenvalue weighted by Gasteiger charge is 2.29. The maximum absolute atomic E-state index is 12.9. The van der Waals surface area contributed by atoms with Gasteiger partial charge in [-0.25, -0.2) is 4.79 Å². The zero-order chi connectivity index (χ0) is 27.0. The standard InChI is InChI=1S/C28H37N9O2/c29-23-10-8-22(9-11-23)17-30-28(39)31-18-27(38)37-12-4-7-26(37)21-36-20-24(32-33-36)19-34-13-15-35(16-14-34)25-5-2-1-3-6-25/h1-3,5-6,8-11,20,26H,4,7,12-19,21,29H2,(H2,30,31,39)/t26-/m1/s1. The highest BCUT2D eigenvalue weighted by molar-refractivity contribution is 5.84. The molecule has 11 heteroatoms. The number of likely N-dealkylation sites (tertiary alicyclic amines) is 1. The lowest BCUT2D eigenvalue weighted by atomic mass is 10.2. The van der Waals surface area contributed by atoms with Crippen molar-refractivity contribution < 1.29 is 9.59 Å². The fourth-order valence-electron chi connectivity index (χ4n) is 5.24. The smallest absolute Gasteiger partial charge is 0.315 e. The number of para-hydroxylation sites is 1. The van der Waals surface area contributed by atoms with Crippen LogP contribution in [0.15, 0.2) is 60.8 Å². The molecule has 0 unspecified atom stereocenters. The van der Waals surface area contributed by atoms with Crippen molar-refractivity contribution in [1.82, 2.24) is 35.4 Å². The number of rotatable bonds is 9. The fourth-order valence-corrected chi connectivity index (χ4v) is 5.24. The predicted molar refractivity (Wildman–Crippen MR) is 150 cm³/mol. The van der Waals surface area contributed by atoms with Gasteiger partial charge in [0.2, 0.25) is 5.91 Å². The maximum Gasteiger partial charge on any atom is 0.315 e. The number of hydrogen-bond acceptors (Lipinski definition) is 7. The third-order valence-electron chi connectivity index (χ3n) is 7.39. The lowest BCUT2D eigenvalue weighted by molar-refractivity contribution is -0.131. The first-order valence-electron chi connectivity index (χ1n) is 13.6. The van der Waals surface area contributed by atoms with Crippen LogP contribution in [0.5, 0.6) is 0 Å². The van der Waals surface area contributed by atoms with Crippen LogP contribution in [0.1, 0.15) is 24.1 Å². The Morgan fingerprint density at radius 3 is 2.49 bits per heavy atom. The van der Waals surface area contributed by atoms with Gasteiger partial charge in [-0.1, -0.05) is 35.5 Å². The Morgan fingerprint density at radius 2 is 1.72 bits per heavy atom. The van der Waals surface area contributed by atoms with Crippen molar-refractivity contribution >= 4 is 23.3 Å². The summed E-state index contributed by atoms with van der Waals surface area (Å²) in [7, 11) is 0. The van der Waals surface area contributed by atoms with Crippen molar-refractivity contribution in [3.05, 3.63) is 72.1 Å². The number of carbonyl (C=O) groups excluding carboxylic acids is 2. The molecule has 11 nitrogen and oxygen atoms in total. The molecule has 2 aliphatic rings. The minimum atomic E-state index is -0.374. The molecular formula is C28H37N9O2. The molecule has 2 saturated heterocycles. The largest absolute Gasteiger partial charge is 0.399 e. The zero-order valence-corrected chi connectivity index (χ0v) is 22.2. The molecule has 3 heterocycles. The van der Waals surface area contributed by atoms with Crippen LogP contribution in [-0.2, 0) is 24.4 Å². The van der Waals surface area contributed by atoms with E-state index in [4.69, 9.17) is 5.73 Å². The Balaban J connectivity index is 1.04. The van der Waals surface area contributed by atoms with Crippen molar-refractivity contribution in [3.63, 3.8) is 0 Å². The highest BCUT2D eigenvalue weighted by atomic mass is 16.2. The van der Waals surface area contributed by atoms with Gasteiger partial charge in [-0.15, -0.1) is 5.10 Å². The van der Waals surface area contributed by atoms with Crippen LogP contribution in [0.2, 0.25) is 0 Å². The summed E-state index contributed by atoms with van der Waals surface area (Å²) in [6.45, 7) is 6.32. The summed E-state index contributed by atoms with van der Waals surface area (Å²) in [4.78, 5) is 31.7. The molecule has 3 amide bonds. The van der Waals surface area contributed by atoms with E-state index in [0.29, 0.717) is 25.3 Å². The minimum Gasteiger partial charge on any atom is -0.399 e. The molecule has 206 valence electrons. The van der Waals surface area contributed by atoms with Crippen LogP contribution in [-0.4, -0.2) is 82.0 Å². The van der Waals surface area contributed by atoms with Crippen molar-refractivity contribution in [2.45, 2.75) is 38.5 Å².